The molecule has 0 radical (unpaired) electrons. The van der Waals surface area contributed by atoms with E-state index in [1.165, 1.54) is 0 Å². The Morgan fingerprint density at radius 1 is 1.18 bits per heavy atom. The standard InChI is InChI=1S/C24H28N8O2/c1-4-34-20-12-16(22-30-26-14-31(22)3)5-6-19(20)28-24-25-13-17-11-15(2)27-23(21(17)29-24)32-9-7-18(33)8-10-32/h5-6,11-14,18,33H,4,7-10H2,1-3H3,(H,25,28,29). The topological polar surface area (TPSA) is 114 Å². The molecule has 1 aliphatic rings. The maximum absolute atomic E-state index is 9.91. The highest BCUT2D eigenvalue weighted by atomic mass is 16.5. The summed E-state index contributed by atoms with van der Waals surface area (Å²) in [5, 5.41) is 22.3. The van der Waals surface area contributed by atoms with E-state index in [9.17, 15) is 5.11 Å². The van der Waals surface area contributed by atoms with E-state index in [0.717, 1.165) is 65.4 Å². The third kappa shape index (κ3) is 4.36. The summed E-state index contributed by atoms with van der Waals surface area (Å²) in [5.41, 5.74) is 3.36. The number of aryl methyl sites for hydroxylation is 2. The molecule has 1 aliphatic heterocycles. The van der Waals surface area contributed by atoms with Crippen LogP contribution in [0.4, 0.5) is 17.5 Å². The number of aliphatic hydroxyl groups is 1. The van der Waals surface area contributed by atoms with Crippen molar-refractivity contribution in [1.82, 2.24) is 29.7 Å². The largest absolute Gasteiger partial charge is 0.492 e. The van der Waals surface area contributed by atoms with Crippen LogP contribution in [0.1, 0.15) is 25.5 Å². The van der Waals surface area contributed by atoms with Crippen LogP contribution in [0.3, 0.4) is 0 Å². The molecule has 176 valence electrons. The van der Waals surface area contributed by atoms with E-state index in [0.29, 0.717) is 18.3 Å². The highest BCUT2D eigenvalue weighted by molar-refractivity contribution is 5.89. The first-order chi connectivity index (χ1) is 16.5. The maximum atomic E-state index is 9.91. The highest BCUT2D eigenvalue weighted by Gasteiger charge is 2.21. The fraction of sp³-hybridized carbons (Fsp3) is 0.375. The molecule has 0 bridgehead atoms. The van der Waals surface area contributed by atoms with Gasteiger partial charge in [0, 0.05) is 43.0 Å². The molecule has 4 heterocycles. The van der Waals surface area contributed by atoms with Crippen LogP contribution in [0, 0.1) is 6.92 Å². The summed E-state index contributed by atoms with van der Waals surface area (Å²) in [6.07, 6.45) is 4.68. The van der Waals surface area contributed by atoms with E-state index < -0.39 is 0 Å². The minimum absolute atomic E-state index is 0.249. The summed E-state index contributed by atoms with van der Waals surface area (Å²) in [7, 11) is 1.90. The molecule has 1 aromatic carbocycles. The van der Waals surface area contributed by atoms with Crippen molar-refractivity contribution in [1.29, 1.82) is 0 Å². The Hall–Kier alpha value is -3.79. The molecule has 0 saturated carbocycles. The second kappa shape index (κ2) is 9.22. The lowest BCUT2D eigenvalue weighted by molar-refractivity contribution is 0.145. The predicted octanol–water partition coefficient (Wildman–Crippen LogP) is 3.23. The van der Waals surface area contributed by atoms with Gasteiger partial charge in [-0.15, -0.1) is 10.2 Å². The van der Waals surface area contributed by atoms with Gasteiger partial charge in [-0.05, 0) is 51.0 Å². The first-order valence-corrected chi connectivity index (χ1v) is 11.5. The van der Waals surface area contributed by atoms with E-state index in [4.69, 9.17) is 14.7 Å². The van der Waals surface area contributed by atoms with Gasteiger partial charge in [0.1, 0.15) is 17.6 Å². The summed E-state index contributed by atoms with van der Waals surface area (Å²) in [6.45, 7) is 5.93. The van der Waals surface area contributed by atoms with Crippen LogP contribution >= 0.6 is 0 Å². The van der Waals surface area contributed by atoms with Crippen LogP contribution in [0.5, 0.6) is 5.75 Å². The molecule has 4 aromatic rings. The Kier molecular flexibility index (Phi) is 5.97. The van der Waals surface area contributed by atoms with Crippen molar-refractivity contribution in [3.8, 4) is 17.1 Å². The summed E-state index contributed by atoms with van der Waals surface area (Å²) < 4.78 is 7.76. The van der Waals surface area contributed by atoms with Gasteiger partial charge in [-0.1, -0.05) is 0 Å². The first kappa shape index (κ1) is 22.0. The third-order valence-electron chi connectivity index (χ3n) is 5.94. The third-order valence-corrected chi connectivity index (χ3v) is 5.94. The number of hydrogen-bond donors (Lipinski definition) is 2. The van der Waals surface area contributed by atoms with Crippen molar-refractivity contribution in [3.63, 3.8) is 0 Å². The summed E-state index contributed by atoms with van der Waals surface area (Å²) in [6, 6.07) is 7.82. The number of fused-ring (bicyclic) bond motifs is 1. The number of piperidine rings is 1. The second-order valence-electron chi connectivity index (χ2n) is 8.47. The van der Waals surface area contributed by atoms with Gasteiger partial charge in [-0.25, -0.2) is 15.0 Å². The number of pyridine rings is 1. The van der Waals surface area contributed by atoms with Gasteiger partial charge in [0.15, 0.2) is 11.6 Å². The lowest BCUT2D eigenvalue weighted by Crippen LogP contribution is -2.36. The second-order valence-corrected chi connectivity index (χ2v) is 8.47. The molecule has 1 fully saturated rings. The molecule has 0 atom stereocenters. The van der Waals surface area contributed by atoms with E-state index in [-0.39, 0.29) is 6.10 Å². The van der Waals surface area contributed by atoms with Gasteiger partial charge in [-0.3, -0.25) is 0 Å². The van der Waals surface area contributed by atoms with Gasteiger partial charge in [0.05, 0.1) is 18.4 Å². The van der Waals surface area contributed by atoms with Crippen molar-refractivity contribution in [2.45, 2.75) is 32.8 Å². The van der Waals surface area contributed by atoms with E-state index >= 15 is 0 Å². The van der Waals surface area contributed by atoms with Gasteiger partial charge < -0.3 is 24.6 Å². The number of aromatic nitrogens is 6. The molecule has 10 heteroatoms. The Morgan fingerprint density at radius 2 is 2.00 bits per heavy atom. The van der Waals surface area contributed by atoms with Crippen molar-refractivity contribution in [2.24, 2.45) is 7.05 Å². The predicted molar refractivity (Wildman–Crippen MR) is 130 cm³/mol. The van der Waals surface area contributed by atoms with Crippen molar-refractivity contribution >= 4 is 28.4 Å². The summed E-state index contributed by atoms with van der Waals surface area (Å²) >= 11 is 0. The minimum Gasteiger partial charge on any atom is -0.492 e. The molecule has 34 heavy (non-hydrogen) atoms. The van der Waals surface area contributed by atoms with E-state index in [1.807, 2.05) is 55.9 Å². The number of aliphatic hydroxyl groups excluding tert-OH is 1. The van der Waals surface area contributed by atoms with Crippen LogP contribution in [0.15, 0.2) is 36.8 Å². The Balaban J connectivity index is 1.49. The van der Waals surface area contributed by atoms with Crippen LogP contribution in [0.2, 0.25) is 0 Å². The molecule has 3 aromatic heterocycles. The average Bonchev–Trinajstić information content (AvgIpc) is 3.26. The lowest BCUT2D eigenvalue weighted by atomic mass is 10.1. The number of nitrogens with one attached hydrogen (secondary N) is 1. The van der Waals surface area contributed by atoms with Gasteiger partial charge >= 0.3 is 0 Å². The summed E-state index contributed by atoms with van der Waals surface area (Å²) in [4.78, 5) is 16.3. The number of rotatable bonds is 6. The van der Waals surface area contributed by atoms with Crippen LogP contribution in [-0.4, -0.2) is 60.6 Å². The number of nitrogens with zero attached hydrogens (tertiary/aromatic N) is 7. The molecule has 2 N–H and O–H groups in total. The van der Waals surface area contributed by atoms with Crippen LogP contribution in [0.25, 0.3) is 22.3 Å². The zero-order valence-corrected chi connectivity index (χ0v) is 19.6. The fourth-order valence-electron chi connectivity index (χ4n) is 4.22. The summed E-state index contributed by atoms with van der Waals surface area (Å²) in [5.74, 6) is 2.73. The molecular weight excluding hydrogens is 432 g/mol. The maximum Gasteiger partial charge on any atom is 0.227 e. The first-order valence-electron chi connectivity index (χ1n) is 11.5. The molecule has 1 saturated heterocycles. The number of ether oxygens (including phenoxy) is 1. The van der Waals surface area contributed by atoms with Crippen molar-refractivity contribution in [3.05, 3.63) is 42.5 Å². The fourth-order valence-corrected chi connectivity index (χ4v) is 4.22. The Morgan fingerprint density at radius 3 is 2.74 bits per heavy atom. The normalized spacial score (nSPS) is 14.5. The van der Waals surface area contributed by atoms with E-state index in [2.05, 4.69) is 25.4 Å². The molecule has 0 unspecified atom stereocenters. The quantitative estimate of drug-likeness (QED) is 0.447. The monoisotopic (exact) mass is 460 g/mol. The zero-order valence-electron chi connectivity index (χ0n) is 19.6. The van der Waals surface area contributed by atoms with Gasteiger partial charge in [0.25, 0.3) is 0 Å². The number of hydrogen-bond acceptors (Lipinski definition) is 9. The van der Waals surface area contributed by atoms with Gasteiger partial charge in [0.2, 0.25) is 5.95 Å². The highest BCUT2D eigenvalue weighted by Crippen LogP contribution is 2.33. The molecule has 10 nitrogen and oxygen atoms in total. The van der Waals surface area contributed by atoms with Crippen LogP contribution < -0.4 is 15.0 Å². The van der Waals surface area contributed by atoms with Crippen molar-refractivity contribution in [2.75, 3.05) is 29.9 Å². The minimum atomic E-state index is -0.249. The Bertz CT molecular complexity index is 1310. The van der Waals surface area contributed by atoms with Gasteiger partial charge in [-0.2, -0.15) is 0 Å². The SMILES string of the molecule is CCOc1cc(-c2nncn2C)ccc1Nc1ncc2cc(C)nc(N3CCC(O)CC3)c2n1. The number of anilines is 3. The zero-order chi connectivity index (χ0) is 23.7. The van der Waals surface area contributed by atoms with Crippen LogP contribution in [-0.2, 0) is 7.05 Å². The smallest absolute Gasteiger partial charge is 0.227 e. The molecule has 5 rings (SSSR count). The van der Waals surface area contributed by atoms with Crippen molar-refractivity contribution < 1.29 is 9.84 Å². The number of benzene rings is 1. The molecule has 0 amide bonds. The molecule has 0 spiro atoms. The molecule has 0 aliphatic carbocycles. The molecular formula is C24H28N8O2. The Labute approximate surface area is 197 Å². The lowest BCUT2D eigenvalue weighted by Gasteiger charge is -2.31. The average molecular weight is 461 g/mol. The van der Waals surface area contributed by atoms with E-state index in [1.54, 1.807) is 6.33 Å².